The molecule has 0 bridgehead atoms. The lowest BCUT2D eigenvalue weighted by Crippen LogP contribution is -1.87. The second kappa shape index (κ2) is 4.66. The molecule has 0 aliphatic heterocycles. The van der Waals surface area contributed by atoms with Gasteiger partial charge in [-0.05, 0) is 46.7 Å². The quantitative estimate of drug-likeness (QED) is 0.741. The third-order valence-corrected chi connectivity index (χ3v) is 3.91. The van der Waals surface area contributed by atoms with Crippen molar-refractivity contribution in [3.05, 3.63) is 38.6 Å². The minimum Gasteiger partial charge on any atom is -0.255 e. The lowest BCUT2D eigenvalue weighted by atomic mass is 10.1. The summed E-state index contributed by atoms with van der Waals surface area (Å²) in [5.74, 6) is 0. The Bertz CT molecular complexity index is 496. The van der Waals surface area contributed by atoms with E-state index in [0.717, 1.165) is 32.3 Å². The van der Waals surface area contributed by atoms with Gasteiger partial charge in [0.05, 0.1) is 14.1 Å². The number of fused-ring (bicyclic) bond motifs is 1. The van der Waals surface area contributed by atoms with Crippen LogP contribution >= 0.6 is 34.2 Å². The normalized spacial score (nSPS) is 10.9. The van der Waals surface area contributed by atoms with Gasteiger partial charge in [-0.2, -0.15) is 0 Å². The van der Waals surface area contributed by atoms with Gasteiger partial charge in [0.2, 0.25) is 0 Å². The van der Waals surface area contributed by atoms with Gasteiger partial charge in [-0.3, -0.25) is 4.98 Å². The maximum Gasteiger partial charge on any atom is 0.0717 e. The lowest BCUT2D eigenvalue weighted by Gasteiger charge is -2.04. The molecule has 0 amide bonds. The molecule has 1 aromatic carbocycles. The summed E-state index contributed by atoms with van der Waals surface area (Å²) in [6.07, 6.45) is 4.06. The maximum absolute atomic E-state index is 6.25. The summed E-state index contributed by atoms with van der Waals surface area (Å²) in [6, 6.07) is 6.32. The summed E-state index contributed by atoms with van der Waals surface area (Å²) in [5, 5.41) is 1.88. The third-order valence-electron chi connectivity index (χ3n) is 2.36. The monoisotopic (exact) mass is 331 g/mol. The summed E-state index contributed by atoms with van der Waals surface area (Å²) < 4.78 is 1.01. The van der Waals surface area contributed by atoms with Gasteiger partial charge in [0.15, 0.2) is 0 Å². The fourth-order valence-corrected chi connectivity index (χ4v) is 2.26. The third kappa shape index (κ3) is 2.26. The topological polar surface area (TPSA) is 12.9 Å². The van der Waals surface area contributed by atoms with Crippen molar-refractivity contribution in [3.63, 3.8) is 0 Å². The molecular weight excluding hydrogens is 320 g/mol. The first-order valence-corrected chi connectivity index (χ1v) is 6.40. The molecular formula is C12H11ClIN. The Morgan fingerprint density at radius 1 is 1.40 bits per heavy atom. The van der Waals surface area contributed by atoms with Crippen LogP contribution in [0.15, 0.2) is 24.4 Å². The van der Waals surface area contributed by atoms with Gasteiger partial charge < -0.3 is 0 Å². The van der Waals surface area contributed by atoms with Gasteiger partial charge in [-0.25, -0.2) is 0 Å². The molecule has 0 unspecified atom stereocenters. The lowest BCUT2D eigenvalue weighted by molar-refractivity contribution is 0.923. The number of pyridine rings is 1. The number of hydrogen-bond acceptors (Lipinski definition) is 1. The first kappa shape index (κ1) is 11.1. The van der Waals surface area contributed by atoms with Crippen molar-refractivity contribution >= 4 is 45.1 Å². The average molecular weight is 332 g/mol. The van der Waals surface area contributed by atoms with Gasteiger partial charge in [-0.1, -0.05) is 31.0 Å². The second-order valence-electron chi connectivity index (χ2n) is 3.52. The zero-order valence-electron chi connectivity index (χ0n) is 8.43. The van der Waals surface area contributed by atoms with Crippen LogP contribution in [0, 0.1) is 3.57 Å². The van der Waals surface area contributed by atoms with Gasteiger partial charge in [0.25, 0.3) is 0 Å². The van der Waals surface area contributed by atoms with Crippen molar-refractivity contribution in [2.24, 2.45) is 0 Å². The van der Waals surface area contributed by atoms with Gasteiger partial charge in [0, 0.05) is 11.6 Å². The van der Waals surface area contributed by atoms with E-state index in [0.29, 0.717) is 0 Å². The number of rotatable bonds is 2. The van der Waals surface area contributed by atoms with Crippen LogP contribution in [-0.2, 0) is 6.42 Å². The van der Waals surface area contributed by atoms with E-state index in [-0.39, 0.29) is 0 Å². The molecule has 2 aromatic rings. The van der Waals surface area contributed by atoms with Crippen molar-refractivity contribution < 1.29 is 0 Å². The highest BCUT2D eigenvalue weighted by Crippen LogP contribution is 2.27. The Hall–Kier alpha value is -0.350. The SMILES string of the molecule is CCCc1ccc2ncc(I)c(Cl)c2c1. The number of halogens is 2. The molecule has 1 nitrogen and oxygen atoms in total. The Labute approximate surface area is 108 Å². The Morgan fingerprint density at radius 2 is 2.20 bits per heavy atom. The molecule has 0 fully saturated rings. The standard InChI is InChI=1S/C12H11ClIN/c1-2-3-8-4-5-11-9(6-8)12(13)10(14)7-15-11/h4-7H,2-3H2,1H3. The largest absolute Gasteiger partial charge is 0.255 e. The first-order chi connectivity index (χ1) is 7.22. The highest BCUT2D eigenvalue weighted by molar-refractivity contribution is 14.1. The average Bonchev–Trinajstić information content (AvgIpc) is 2.25. The van der Waals surface area contributed by atoms with Crippen LogP contribution in [0.5, 0.6) is 0 Å². The highest BCUT2D eigenvalue weighted by Gasteiger charge is 2.05. The van der Waals surface area contributed by atoms with E-state index in [2.05, 4.69) is 46.6 Å². The predicted molar refractivity (Wildman–Crippen MR) is 73.5 cm³/mol. The minimum absolute atomic E-state index is 0.818. The second-order valence-corrected chi connectivity index (χ2v) is 5.06. The number of aromatic nitrogens is 1. The number of nitrogens with zero attached hydrogens (tertiary/aromatic N) is 1. The molecule has 0 saturated carbocycles. The van der Waals surface area contributed by atoms with Crippen LogP contribution in [-0.4, -0.2) is 4.98 Å². The number of aryl methyl sites for hydroxylation is 1. The van der Waals surface area contributed by atoms with E-state index in [1.165, 1.54) is 5.56 Å². The van der Waals surface area contributed by atoms with Crippen LogP contribution in [0.2, 0.25) is 5.02 Å². The van der Waals surface area contributed by atoms with Crippen LogP contribution in [0.4, 0.5) is 0 Å². The zero-order valence-corrected chi connectivity index (χ0v) is 11.3. The molecule has 1 heterocycles. The minimum atomic E-state index is 0.818. The Morgan fingerprint density at radius 3 is 2.93 bits per heavy atom. The van der Waals surface area contributed by atoms with E-state index in [9.17, 15) is 0 Å². The summed E-state index contributed by atoms with van der Waals surface area (Å²) in [7, 11) is 0. The Kier molecular flexibility index (Phi) is 3.46. The van der Waals surface area contributed by atoms with Crippen molar-refractivity contribution in [1.29, 1.82) is 0 Å². The van der Waals surface area contributed by atoms with Crippen molar-refractivity contribution in [1.82, 2.24) is 4.98 Å². The molecule has 0 radical (unpaired) electrons. The molecule has 2 rings (SSSR count). The van der Waals surface area contributed by atoms with Crippen molar-refractivity contribution in [2.45, 2.75) is 19.8 Å². The molecule has 78 valence electrons. The van der Waals surface area contributed by atoms with Crippen molar-refractivity contribution in [2.75, 3.05) is 0 Å². The van der Waals surface area contributed by atoms with Gasteiger partial charge in [0.1, 0.15) is 0 Å². The summed E-state index contributed by atoms with van der Waals surface area (Å²) in [6.45, 7) is 2.18. The zero-order chi connectivity index (χ0) is 10.8. The molecule has 0 saturated heterocycles. The molecule has 0 aliphatic rings. The highest BCUT2D eigenvalue weighted by atomic mass is 127. The van der Waals surface area contributed by atoms with E-state index in [1.54, 1.807) is 0 Å². The van der Waals surface area contributed by atoms with Crippen LogP contribution < -0.4 is 0 Å². The van der Waals surface area contributed by atoms with Crippen LogP contribution in [0.25, 0.3) is 10.9 Å². The fourth-order valence-electron chi connectivity index (χ4n) is 1.63. The van der Waals surface area contributed by atoms with E-state index in [4.69, 9.17) is 11.6 Å². The molecule has 0 atom stereocenters. The smallest absolute Gasteiger partial charge is 0.0717 e. The van der Waals surface area contributed by atoms with Crippen LogP contribution in [0.1, 0.15) is 18.9 Å². The van der Waals surface area contributed by atoms with Crippen molar-refractivity contribution in [3.8, 4) is 0 Å². The first-order valence-electron chi connectivity index (χ1n) is 4.95. The number of hydrogen-bond donors (Lipinski definition) is 0. The molecule has 0 spiro atoms. The molecule has 0 N–H and O–H groups in total. The molecule has 0 aliphatic carbocycles. The fraction of sp³-hybridized carbons (Fsp3) is 0.250. The molecule has 1 aromatic heterocycles. The van der Waals surface area contributed by atoms with E-state index >= 15 is 0 Å². The van der Waals surface area contributed by atoms with Gasteiger partial charge >= 0.3 is 0 Å². The van der Waals surface area contributed by atoms with Gasteiger partial charge in [-0.15, -0.1) is 0 Å². The molecule has 3 heteroatoms. The number of benzene rings is 1. The summed E-state index contributed by atoms with van der Waals surface area (Å²) in [4.78, 5) is 4.35. The Balaban J connectivity index is 2.63. The summed E-state index contributed by atoms with van der Waals surface area (Å²) >= 11 is 8.46. The van der Waals surface area contributed by atoms with E-state index < -0.39 is 0 Å². The maximum atomic E-state index is 6.25. The summed E-state index contributed by atoms with van der Waals surface area (Å²) in [5.41, 5.74) is 2.30. The van der Waals surface area contributed by atoms with E-state index in [1.807, 2.05) is 12.3 Å². The molecule has 15 heavy (non-hydrogen) atoms. The predicted octanol–water partition coefficient (Wildman–Crippen LogP) is 4.45. The van der Waals surface area contributed by atoms with Crippen LogP contribution in [0.3, 0.4) is 0 Å².